The molecule has 7 heteroatoms. The fraction of sp³-hybridized carbons (Fsp3) is 0.292. The number of aromatic nitrogens is 3. The van der Waals surface area contributed by atoms with Gasteiger partial charge in [0.05, 0.1) is 18.1 Å². The van der Waals surface area contributed by atoms with Gasteiger partial charge in [-0.1, -0.05) is 31.2 Å². The average Bonchev–Trinajstić information content (AvgIpc) is 3.06. The van der Waals surface area contributed by atoms with Crippen LogP contribution in [-0.2, 0) is 13.0 Å². The highest BCUT2D eigenvalue weighted by Crippen LogP contribution is 2.28. The number of nitrogens with two attached hydrogens (primary N) is 1. The Morgan fingerprint density at radius 2 is 1.81 bits per heavy atom. The third-order valence-corrected chi connectivity index (χ3v) is 5.59. The third kappa shape index (κ3) is 4.03. The number of nitrogens with zero attached hydrogens (tertiary/aromatic N) is 3. The van der Waals surface area contributed by atoms with Gasteiger partial charge in [0.2, 0.25) is 0 Å². The van der Waals surface area contributed by atoms with Crippen LogP contribution in [0, 0.1) is 0 Å². The van der Waals surface area contributed by atoms with Crippen LogP contribution in [0.15, 0.2) is 48.5 Å². The van der Waals surface area contributed by atoms with E-state index in [1.54, 1.807) is 7.11 Å². The maximum Gasteiger partial charge on any atom is 0.257 e. The van der Waals surface area contributed by atoms with E-state index < -0.39 is 0 Å². The summed E-state index contributed by atoms with van der Waals surface area (Å²) in [5, 5.41) is 3.01. The van der Waals surface area contributed by atoms with E-state index in [9.17, 15) is 4.79 Å². The van der Waals surface area contributed by atoms with Gasteiger partial charge in [-0.25, -0.2) is 9.97 Å². The van der Waals surface area contributed by atoms with Crippen LogP contribution in [0.3, 0.4) is 0 Å². The molecule has 2 aromatic heterocycles. The maximum atomic E-state index is 13.1. The molecule has 1 amide bonds. The first kappa shape index (κ1) is 20.7. The molecule has 31 heavy (non-hydrogen) atoms. The molecule has 0 aliphatic carbocycles. The zero-order valence-corrected chi connectivity index (χ0v) is 18.1. The number of hydrogen-bond acceptors (Lipinski definition) is 5. The number of carbonyl (C=O) groups excluding carboxylic acids is 1. The molecule has 0 saturated carbocycles. The standard InChI is InChI=1S/C24H27N5O2/c1-4-15(2)26-24(30)20-21-23(28-19-8-6-5-7-18(19)27-21)29(22(20)25)14-13-16-9-11-17(31-3)12-10-16/h5-12,15H,4,13-14,25H2,1-3H3,(H,26,30)/t15-/m1/s1. The van der Waals surface area contributed by atoms with Crippen molar-refractivity contribution in [1.82, 2.24) is 19.9 Å². The van der Waals surface area contributed by atoms with Gasteiger partial charge in [0.1, 0.15) is 22.6 Å². The summed E-state index contributed by atoms with van der Waals surface area (Å²) in [5.74, 6) is 0.986. The van der Waals surface area contributed by atoms with Crippen molar-refractivity contribution in [2.24, 2.45) is 0 Å². The quantitative estimate of drug-likeness (QED) is 0.475. The normalized spacial score (nSPS) is 12.2. The molecule has 0 spiro atoms. The topological polar surface area (TPSA) is 95.1 Å². The molecule has 0 radical (unpaired) electrons. The molecule has 0 saturated heterocycles. The molecule has 1 atom stereocenters. The van der Waals surface area contributed by atoms with Crippen molar-refractivity contribution < 1.29 is 9.53 Å². The highest BCUT2D eigenvalue weighted by Gasteiger charge is 2.24. The number of carbonyl (C=O) groups is 1. The molecule has 2 heterocycles. The van der Waals surface area contributed by atoms with Crippen LogP contribution in [0.25, 0.3) is 22.2 Å². The van der Waals surface area contributed by atoms with E-state index in [1.165, 1.54) is 0 Å². The lowest BCUT2D eigenvalue weighted by Gasteiger charge is -2.11. The Bertz CT molecular complexity index is 1230. The summed E-state index contributed by atoms with van der Waals surface area (Å²) in [6.07, 6.45) is 1.56. The molecule has 0 fully saturated rings. The van der Waals surface area contributed by atoms with Crippen LogP contribution in [0.2, 0.25) is 0 Å². The van der Waals surface area contributed by atoms with Crippen LogP contribution in [0.4, 0.5) is 5.82 Å². The van der Waals surface area contributed by atoms with Gasteiger partial charge < -0.3 is 20.4 Å². The van der Waals surface area contributed by atoms with E-state index in [4.69, 9.17) is 20.4 Å². The first-order chi connectivity index (χ1) is 15.0. The minimum absolute atomic E-state index is 0.0398. The SMILES string of the molecule is CC[C@@H](C)NC(=O)c1c(N)n(CCc2ccc(OC)cc2)c2nc3ccccc3nc12. The van der Waals surface area contributed by atoms with Crippen molar-refractivity contribution >= 4 is 33.9 Å². The van der Waals surface area contributed by atoms with E-state index >= 15 is 0 Å². The van der Waals surface area contributed by atoms with Crippen LogP contribution in [-0.4, -0.2) is 33.6 Å². The molecule has 0 unspecified atom stereocenters. The predicted molar refractivity (Wildman–Crippen MR) is 123 cm³/mol. The molecule has 0 bridgehead atoms. The third-order valence-electron chi connectivity index (χ3n) is 5.59. The largest absolute Gasteiger partial charge is 0.497 e. The van der Waals surface area contributed by atoms with E-state index in [-0.39, 0.29) is 11.9 Å². The molecule has 7 nitrogen and oxygen atoms in total. The van der Waals surface area contributed by atoms with Gasteiger partial charge in [0.25, 0.3) is 5.91 Å². The van der Waals surface area contributed by atoms with Crippen molar-refractivity contribution in [3.63, 3.8) is 0 Å². The molecule has 0 aliphatic rings. The van der Waals surface area contributed by atoms with Crippen molar-refractivity contribution in [2.75, 3.05) is 12.8 Å². The van der Waals surface area contributed by atoms with Crippen molar-refractivity contribution in [3.05, 3.63) is 59.7 Å². The van der Waals surface area contributed by atoms with Gasteiger partial charge in [-0.2, -0.15) is 0 Å². The fourth-order valence-corrected chi connectivity index (χ4v) is 3.60. The number of rotatable bonds is 7. The summed E-state index contributed by atoms with van der Waals surface area (Å²) in [7, 11) is 1.65. The minimum atomic E-state index is -0.218. The Kier molecular flexibility index (Phi) is 5.75. The van der Waals surface area contributed by atoms with Gasteiger partial charge in [0.15, 0.2) is 5.65 Å². The Labute approximate surface area is 181 Å². The Morgan fingerprint density at radius 3 is 2.45 bits per heavy atom. The van der Waals surface area contributed by atoms with Crippen LogP contribution >= 0.6 is 0 Å². The van der Waals surface area contributed by atoms with Gasteiger partial charge in [0, 0.05) is 12.6 Å². The molecular weight excluding hydrogens is 390 g/mol. The summed E-state index contributed by atoms with van der Waals surface area (Å²) in [4.78, 5) is 22.6. The Morgan fingerprint density at radius 1 is 1.13 bits per heavy atom. The number of anilines is 1. The molecule has 4 aromatic rings. The molecular formula is C24H27N5O2. The number of methoxy groups -OCH3 is 1. The molecule has 160 valence electrons. The second kappa shape index (κ2) is 8.63. The van der Waals surface area contributed by atoms with Crippen LogP contribution < -0.4 is 15.8 Å². The predicted octanol–water partition coefficient (Wildman–Crippen LogP) is 3.95. The van der Waals surface area contributed by atoms with Crippen LogP contribution in [0.1, 0.15) is 36.2 Å². The molecule has 4 rings (SSSR count). The number of aryl methyl sites for hydroxylation is 2. The van der Waals surface area contributed by atoms with E-state index in [0.717, 1.165) is 35.2 Å². The lowest BCUT2D eigenvalue weighted by atomic mass is 10.1. The second-order valence-corrected chi connectivity index (χ2v) is 7.68. The van der Waals surface area contributed by atoms with Gasteiger partial charge in [-0.15, -0.1) is 0 Å². The van der Waals surface area contributed by atoms with Crippen LogP contribution in [0.5, 0.6) is 5.75 Å². The smallest absolute Gasteiger partial charge is 0.257 e. The van der Waals surface area contributed by atoms with Crippen molar-refractivity contribution in [2.45, 2.75) is 39.3 Å². The summed E-state index contributed by atoms with van der Waals surface area (Å²) in [5.41, 5.74) is 10.7. The van der Waals surface area contributed by atoms with Gasteiger partial charge in [-0.05, 0) is 49.6 Å². The number of ether oxygens (including phenoxy) is 1. The number of hydrogen-bond donors (Lipinski definition) is 2. The first-order valence-corrected chi connectivity index (χ1v) is 10.5. The molecule has 0 aliphatic heterocycles. The van der Waals surface area contributed by atoms with E-state index in [0.29, 0.717) is 29.1 Å². The lowest BCUT2D eigenvalue weighted by Crippen LogP contribution is -2.32. The zero-order chi connectivity index (χ0) is 22.0. The van der Waals surface area contributed by atoms with Crippen molar-refractivity contribution in [1.29, 1.82) is 0 Å². The number of nitrogens with one attached hydrogen (secondary N) is 1. The van der Waals surface area contributed by atoms with Crippen molar-refractivity contribution in [3.8, 4) is 5.75 Å². The first-order valence-electron chi connectivity index (χ1n) is 10.5. The average molecular weight is 418 g/mol. The number of amides is 1. The van der Waals surface area contributed by atoms with Gasteiger partial charge >= 0.3 is 0 Å². The zero-order valence-electron chi connectivity index (χ0n) is 18.1. The summed E-state index contributed by atoms with van der Waals surface area (Å²) >= 11 is 0. The summed E-state index contributed by atoms with van der Waals surface area (Å²) in [6.45, 7) is 4.58. The number of para-hydroxylation sites is 2. The van der Waals surface area contributed by atoms with E-state index in [1.807, 2.05) is 66.9 Å². The number of fused-ring (bicyclic) bond motifs is 2. The molecule has 2 aromatic carbocycles. The Balaban J connectivity index is 1.78. The highest BCUT2D eigenvalue weighted by molar-refractivity contribution is 6.10. The highest BCUT2D eigenvalue weighted by atomic mass is 16.5. The maximum absolute atomic E-state index is 13.1. The van der Waals surface area contributed by atoms with Gasteiger partial charge in [-0.3, -0.25) is 4.79 Å². The molecule has 3 N–H and O–H groups in total. The monoisotopic (exact) mass is 417 g/mol. The summed E-state index contributed by atoms with van der Waals surface area (Å²) < 4.78 is 7.13. The number of benzene rings is 2. The fourth-order valence-electron chi connectivity index (χ4n) is 3.60. The van der Waals surface area contributed by atoms with E-state index in [2.05, 4.69) is 5.32 Å². The summed E-state index contributed by atoms with van der Waals surface area (Å²) in [6, 6.07) is 15.6. The number of nitrogen functional groups attached to an aromatic ring is 1. The lowest BCUT2D eigenvalue weighted by molar-refractivity contribution is 0.0941. The second-order valence-electron chi connectivity index (χ2n) is 7.68. The Hall–Kier alpha value is -3.61. The minimum Gasteiger partial charge on any atom is -0.497 e.